The third kappa shape index (κ3) is 4.33. The summed E-state index contributed by atoms with van der Waals surface area (Å²) in [7, 11) is 0. The predicted octanol–water partition coefficient (Wildman–Crippen LogP) is 2.27. The van der Waals surface area contributed by atoms with E-state index in [2.05, 4.69) is 10.6 Å². The topological polar surface area (TPSA) is 61.4 Å². The average Bonchev–Trinajstić information content (AvgIpc) is 2.48. The summed E-state index contributed by atoms with van der Waals surface area (Å²) < 4.78 is 76.2. The number of piperidine rings is 1. The maximum atomic E-state index is 12.7. The van der Waals surface area contributed by atoms with E-state index in [9.17, 15) is 36.2 Å². The highest BCUT2D eigenvalue weighted by Gasteiger charge is 2.54. The summed E-state index contributed by atoms with van der Waals surface area (Å²) in [6.45, 7) is 0.0563. The van der Waals surface area contributed by atoms with Crippen LogP contribution in [-0.4, -0.2) is 47.6 Å². The first-order valence-corrected chi connectivity index (χ1v) is 7.82. The zero-order valence-corrected chi connectivity index (χ0v) is 12.8. The molecule has 1 unspecified atom stereocenters. The number of hydrogen-bond acceptors (Lipinski definition) is 3. The molecule has 0 spiro atoms. The molecule has 0 radical (unpaired) electrons. The van der Waals surface area contributed by atoms with Crippen molar-refractivity contribution >= 4 is 5.91 Å². The minimum Gasteiger partial charge on any atom is -0.380 e. The molecule has 2 aliphatic rings. The Balaban J connectivity index is 1.86. The molecule has 1 heterocycles. The average molecular weight is 362 g/mol. The lowest BCUT2D eigenvalue weighted by Gasteiger charge is -2.38. The molecule has 1 amide bonds. The molecule has 140 valence electrons. The Morgan fingerprint density at radius 1 is 1.08 bits per heavy atom. The lowest BCUT2D eigenvalue weighted by molar-refractivity contribution is -0.270. The van der Waals surface area contributed by atoms with Crippen LogP contribution in [-0.2, 0) is 4.79 Å². The number of alkyl halides is 6. The van der Waals surface area contributed by atoms with Gasteiger partial charge in [-0.2, -0.15) is 26.3 Å². The largest absolute Gasteiger partial charge is 0.417 e. The van der Waals surface area contributed by atoms with E-state index in [4.69, 9.17) is 0 Å². The van der Waals surface area contributed by atoms with Gasteiger partial charge in [-0.05, 0) is 45.1 Å². The molecule has 0 aromatic rings. The van der Waals surface area contributed by atoms with Crippen LogP contribution in [0.15, 0.2) is 0 Å². The van der Waals surface area contributed by atoms with Crippen molar-refractivity contribution in [2.75, 3.05) is 6.54 Å². The van der Waals surface area contributed by atoms with Gasteiger partial charge in [-0.3, -0.25) is 4.79 Å². The highest BCUT2D eigenvalue weighted by Crippen LogP contribution is 2.41. The van der Waals surface area contributed by atoms with Gasteiger partial charge in [-0.25, -0.2) is 0 Å². The van der Waals surface area contributed by atoms with Crippen molar-refractivity contribution in [2.45, 2.75) is 68.6 Å². The fraction of sp³-hybridized carbons (Fsp3) is 0.929. The fourth-order valence-electron chi connectivity index (χ4n) is 3.25. The number of rotatable bonds is 2. The summed E-state index contributed by atoms with van der Waals surface area (Å²) in [6.07, 6.45) is -10.5. The van der Waals surface area contributed by atoms with Crippen LogP contribution in [0.5, 0.6) is 0 Å². The molecule has 1 aliphatic heterocycles. The molecule has 2 atom stereocenters. The van der Waals surface area contributed by atoms with Crippen molar-refractivity contribution in [3.63, 3.8) is 0 Å². The predicted molar refractivity (Wildman–Crippen MR) is 72.0 cm³/mol. The second-order valence-corrected chi connectivity index (χ2v) is 6.58. The van der Waals surface area contributed by atoms with Crippen LogP contribution in [0.2, 0.25) is 0 Å². The molecule has 2 fully saturated rings. The van der Waals surface area contributed by atoms with Crippen molar-refractivity contribution in [1.29, 1.82) is 0 Å². The summed E-state index contributed by atoms with van der Waals surface area (Å²) in [5.41, 5.74) is -2.75. The first kappa shape index (κ1) is 19.3. The summed E-state index contributed by atoms with van der Waals surface area (Å²) in [6, 6.07) is -2.30. The number of carbonyl (C=O) groups is 1. The van der Waals surface area contributed by atoms with Gasteiger partial charge in [0.25, 0.3) is 0 Å². The number of carbonyl (C=O) groups excluding carboxylic acids is 1. The van der Waals surface area contributed by atoms with Crippen LogP contribution in [0.25, 0.3) is 0 Å². The van der Waals surface area contributed by atoms with Crippen molar-refractivity contribution in [3.8, 4) is 0 Å². The molecule has 1 aliphatic carbocycles. The van der Waals surface area contributed by atoms with Crippen LogP contribution in [0.3, 0.4) is 0 Å². The smallest absolute Gasteiger partial charge is 0.380 e. The maximum absolute atomic E-state index is 12.7. The van der Waals surface area contributed by atoms with Gasteiger partial charge in [0.05, 0.1) is 0 Å². The van der Waals surface area contributed by atoms with Gasteiger partial charge < -0.3 is 15.7 Å². The normalized spacial score (nSPS) is 35.5. The number of amides is 1. The van der Waals surface area contributed by atoms with Crippen molar-refractivity contribution in [2.24, 2.45) is 5.92 Å². The van der Waals surface area contributed by atoms with E-state index < -0.39 is 54.7 Å². The molecule has 2 rings (SSSR count). The Labute approximate surface area is 135 Å². The Bertz CT molecular complexity index is 457. The highest BCUT2D eigenvalue weighted by molar-refractivity contribution is 5.79. The van der Waals surface area contributed by atoms with E-state index in [1.165, 1.54) is 0 Å². The lowest BCUT2D eigenvalue weighted by Crippen LogP contribution is -2.54. The quantitative estimate of drug-likeness (QED) is 0.661. The Morgan fingerprint density at radius 2 is 1.67 bits per heavy atom. The van der Waals surface area contributed by atoms with Gasteiger partial charge in [-0.1, -0.05) is 0 Å². The molecular weight excluding hydrogens is 342 g/mol. The fourth-order valence-corrected chi connectivity index (χ4v) is 3.25. The molecule has 0 aromatic carbocycles. The Kier molecular flexibility index (Phi) is 5.39. The van der Waals surface area contributed by atoms with Crippen LogP contribution >= 0.6 is 0 Å². The minimum absolute atomic E-state index is 0.0563. The van der Waals surface area contributed by atoms with Crippen molar-refractivity contribution in [1.82, 2.24) is 10.6 Å². The van der Waals surface area contributed by atoms with Gasteiger partial charge in [0.15, 0.2) is 5.60 Å². The number of aliphatic hydroxyl groups is 1. The molecule has 24 heavy (non-hydrogen) atoms. The van der Waals surface area contributed by atoms with E-state index in [-0.39, 0.29) is 32.2 Å². The number of halogens is 6. The molecule has 1 saturated carbocycles. The SMILES string of the molecule is O=C(NC1CCC(O)(C(F)(F)F)CC1)C1CCN[C@H](C(F)(F)F)C1. The van der Waals surface area contributed by atoms with Crippen LogP contribution in [0.1, 0.15) is 38.5 Å². The molecule has 0 bridgehead atoms. The van der Waals surface area contributed by atoms with E-state index in [1.54, 1.807) is 0 Å². The Hall–Kier alpha value is -1.03. The molecule has 3 N–H and O–H groups in total. The zero-order valence-electron chi connectivity index (χ0n) is 12.8. The first-order chi connectivity index (χ1) is 10.9. The summed E-state index contributed by atoms with van der Waals surface area (Å²) >= 11 is 0. The van der Waals surface area contributed by atoms with Gasteiger partial charge in [0.1, 0.15) is 6.04 Å². The first-order valence-electron chi connectivity index (χ1n) is 7.82. The van der Waals surface area contributed by atoms with Gasteiger partial charge in [-0.15, -0.1) is 0 Å². The molecule has 1 saturated heterocycles. The lowest BCUT2D eigenvalue weighted by atomic mass is 9.81. The third-order valence-electron chi connectivity index (χ3n) is 4.86. The monoisotopic (exact) mass is 362 g/mol. The Morgan fingerprint density at radius 3 is 2.17 bits per heavy atom. The van der Waals surface area contributed by atoms with E-state index >= 15 is 0 Å². The maximum Gasteiger partial charge on any atom is 0.417 e. The van der Waals surface area contributed by atoms with Gasteiger partial charge in [0, 0.05) is 12.0 Å². The molecule has 10 heteroatoms. The number of nitrogens with one attached hydrogen (secondary N) is 2. The van der Waals surface area contributed by atoms with E-state index in [0.717, 1.165) is 0 Å². The van der Waals surface area contributed by atoms with Gasteiger partial charge in [0.2, 0.25) is 5.91 Å². The van der Waals surface area contributed by atoms with E-state index in [0.29, 0.717) is 0 Å². The number of hydrogen-bond donors (Lipinski definition) is 3. The summed E-state index contributed by atoms with van der Waals surface area (Å²) in [4.78, 5) is 12.1. The molecule has 4 nitrogen and oxygen atoms in total. The summed E-state index contributed by atoms with van der Waals surface area (Å²) in [5, 5.41) is 14.4. The molecule has 0 aromatic heterocycles. The van der Waals surface area contributed by atoms with Crippen molar-refractivity contribution in [3.05, 3.63) is 0 Å². The second kappa shape index (κ2) is 6.70. The zero-order chi connectivity index (χ0) is 18.2. The van der Waals surface area contributed by atoms with Crippen LogP contribution < -0.4 is 10.6 Å². The van der Waals surface area contributed by atoms with Crippen molar-refractivity contribution < 1.29 is 36.2 Å². The second-order valence-electron chi connectivity index (χ2n) is 6.58. The van der Waals surface area contributed by atoms with E-state index in [1.807, 2.05) is 0 Å². The summed E-state index contributed by atoms with van der Waals surface area (Å²) in [5.74, 6) is -1.38. The van der Waals surface area contributed by atoms with Gasteiger partial charge >= 0.3 is 12.4 Å². The molecular formula is C14H20F6N2O2. The van der Waals surface area contributed by atoms with Crippen LogP contribution in [0, 0.1) is 5.92 Å². The standard InChI is InChI=1S/C14H20F6N2O2/c15-13(16,17)10-7-8(3-6-21-10)11(23)22-9-1-4-12(24,5-2-9)14(18,19)20/h8-10,21,24H,1-7H2,(H,22,23)/t8?,9?,10-,12?/m0/s1. The minimum atomic E-state index is -4.73. The highest BCUT2D eigenvalue weighted by atomic mass is 19.4. The third-order valence-corrected chi connectivity index (χ3v) is 4.86. The van der Waals surface area contributed by atoms with Crippen LogP contribution in [0.4, 0.5) is 26.3 Å².